The Hall–Kier alpha value is -2.72. The first-order valence-corrected chi connectivity index (χ1v) is 12.1. The van der Waals surface area contributed by atoms with Gasteiger partial charge in [0, 0.05) is 23.8 Å². The summed E-state index contributed by atoms with van der Waals surface area (Å²) in [6, 6.07) is 14.3. The van der Waals surface area contributed by atoms with Gasteiger partial charge in [-0.15, -0.1) is 12.4 Å². The minimum atomic E-state index is -4.56. The van der Waals surface area contributed by atoms with Crippen molar-refractivity contribution < 1.29 is 21.6 Å². The van der Waals surface area contributed by atoms with Gasteiger partial charge >= 0.3 is 6.18 Å². The summed E-state index contributed by atoms with van der Waals surface area (Å²) in [7, 11) is -2.42. The Morgan fingerprint density at radius 2 is 1.69 bits per heavy atom. The van der Waals surface area contributed by atoms with Crippen molar-refractivity contribution in [3.63, 3.8) is 0 Å². The molecular formula is C24H22Cl2F3N3O2S. The van der Waals surface area contributed by atoms with Crippen molar-refractivity contribution in [3.8, 4) is 0 Å². The molecule has 2 N–H and O–H groups in total. The second kappa shape index (κ2) is 10.1. The number of benzene rings is 3. The minimum Gasteiger partial charge on any atom is -0.354 e. The van der Waals surface area contributed by atoms with Gasteiger partial charge in [-0.3, -0.25) is 0 Å². The van der Waals surface area contributed by atoms with E-state index < -0.39 is 21.8 Å². The second-order valence-electron chi connectivity index (χ2n) is 7.85. The highest BCUT2D eigenvalue weighted by Gasteiger charge is 2.31. The summed E-state index contributed by atoms with van der Waals surface area (Å²) >= 11 is 6.32. The summed E-state index contributed by atoms with van der Waals surface area (Å²) in [6.07, 6.45) is -3.07. The maximum atomic E-state index is 13.4. The molecule has 11 heteroatoms. The van der Waals surface area contributed by atoms with E-state index in [0.717, 1.165) is 39.4 Å². The van der Waals surface area contributed by atoms with Gasteiger partial charge in [0.2, 0.25) is 0 Å². The van der Waals surface area contributed by atoms with Gasteiger partial charge in [-0.05, 0) is 73.6 Å². The summed E-state index contributed by atoms with van der Waals surface area (Å²) in [5.74, 6) is 0. The molecule has 1 heterocycles. The van der Waals surface area contributed by atoms with Crippen molar-refractivity contribution in [1.29, 1.82) is 0 Å². The van der Waals surface area contributed by atoms with Crippen LogP contribution < -0.4 is 10.6 Å². The second-order valence-corrected chi connectivity index (χ2v) is 10.1. The molecule has 4 rings (SSSR count). The number of hydrogen-bond donors (Lipinski definition) is 2. The zero-order valence-electron chi connectivity index (χ0n) is 18.7. The maximum Gasteiger partial charge on any atom is 0.416 e. The van der Waals surface area contributed by atoms with Gasteiger partial charge in [0.05, 0.1) is 26.7 Å². The first-order valence-electron chi connectivity index (χ1n) is 10.3. The Labute approximate surface area is 212 Å². The van der Waals surface area contributed by atoms with Gasteiger partial charge in [0.1, 0.15) is 0 Å². The highest BCUT2D eigenvalue weighted by molar-refractivity contribution is 7.90. The highest BCUT2D eigenvalue weighted by Crippen LogP contribution is 2.33. The third-order valence-electron chi connectivity index (χ3n) is 5.36. The number of nitrogens with zero attached hydrogens (tertiary/aromatic N) is 1. The minimum absolute atomic E-state index is 0. The highest BCUT2D eigenvalue weighted by atomic mass is 35.5. The van der Waals surface area contributed by atoms with Gasteiger partial charge in [0.25, 0.3) is 10.0 Å². The molecule has 0 saturated heterocycles. The number of halogens is 5. The fourth-order valence-electron chi connectivity index (χ4n) is 3.68. The number of fused-ring (bicyclic) bond motifs is 1. The van der Waals surface area contributed by atoms with Crippen LogP contribution in [0.15, 0.2) is 71.8 Å². The lowest BCUT2D eigenvalue weighted by Gasteiger charge is -2.12. The van der Waals surface area contributed by atoms with Crippen molar-refractivity contribution >= 4 is 56.3 Å². The number of aromatic nitrogens is 1. The largest absolute Gasteiger partial charge is 0.416 e. The van der Waals surface area contributed by atoms with Crippen molar-refractivity contribution in [1.82, 2.24) is 9.29 Å². The lowest BCUT2D eigenvalue weighted by molar-refractivity contribution is -0.137. The van der Waals surface area contributed by atoms with Gasteiger partial charge in [0.15, 0.2) is 0 Å². The number of nitrogens with one attached hydrogen (secondary N) is 2. The number of anilines is 2. The molecule has 4 aromatic rings. The van der Waals surface area contributed by atoms with Crippen LogP contribution in [0.5, 0.6) is 0 Å². The number of aryl methyl sites for hydroxylation is 1. The Kier molecular flexibility index (Phi) is 7.76. The average molecular weight is 544 g/mol. The molecule has 0 amide bonds. The van der Waals surface area contributed by atoms with Gasteiger partial charge in [-0.2, -0.15) is 13.2 Å². The van der Waals surface area contributed by atoms with Gasteiger partial charge < -0.3 is 10.6 Å². The molecule has 3 aromatic carbocycles. The molecule has 0 radical (unpaired) electrons. The van der Waals surface area contributed by atoms with E-state index in [0.29, 0.717) is 33.8 Å². The molecule has 1 aromatic heterocycles. The lowest BCUT2D eigenvalue weighted by atomic mass is 10.1. The molecule has 0 unspecified atom stereocenters. The van der Waals surface area contributed by atoms with Crippen LogP contribution in [0, 0.1) is 6.92 Å². The van der Waals surface area contributed by atoms with Crippen molar-refractivity contribution in [2.45, 2.75) is 24.5 Å². The van der Waals surface area contributed by atoms with Gasteiger partial charge in [-0.25, -0.2) is 12.4 Å². The monoisotopic (exact) mass is 543 g/mol. The summed E-state index contributed by atoms with van der Waals surface area (Å²) in [6.45, 7) is 2.33. The Morgan fingerprint density at radius 3 is 2.29 bits per heavy atom. The van der Waals surface area contributed by atoms with E-state index in [9.17, 15) is 21.6 Å². The van der Waals surface area contributed by atoms with Crippen molar-refractivity contribution in [2.75, 3.05) is 12.4 Å². The van der Waals surface area contributed by atoms with Crippen LogP contribution >= 0.6 is 24.0 Å². The molecule has 0 bridgehead atoms. The van der Waals surface area contributed by atoms with Crippen LogP contribution in [0.25, 0.3) is 10.9 Å². The van der Waals surface area contributed by atoms with E-state index in [-0.39, 0.29) is 17.3 Å². The fourth-order valence-corrected chi connectivity index (χ4v) is 5.35. The quantitative estimate of drug-likeness (QED) is 0.282. The summed E-state index contributed by atoms with van der Waals surface area (Å²) in [5.41, 5.74) is 2.47. The molecule has 0 aliphatic rings. The first-order chi connectivity index (χ1) is 16.0. The topological polar surface area (TPSA) is 63.1 Å². The smallest absolute Gasteiger partial charge is 0.354 e. The van der Waals surface area contributed by atoms with E-state index >= 15 is 0 Å². The maximum absolute atomic E-state index is 13.4. The molecule has 0 atom stereocenters. The summed E-state index contributed by atoms with van der Waals surface area (Å²) in [4.78, 5) is -0.242. The standard InChI is InChI=1S/C24H21ClF3N3O2S.ClH/c1-15-3-10-22(21(25)11-15)30-18-6-9-20-16(13-29-2)14-31(23(20)12-18)34(32,33)19-7-4-17(5-8-19)24(26,27)28;/h3-12,14,29-30H,13H2,1-2H3;1H. The molecule has 0 spiro atoms. The molecule has 0 aliphatic heterocycles. The number of hydrogen-bond acceptors (Lipinski definition) is 4. The molecule has 0 aliphatic carbocycles. The molecule has 0 saturated carbocycles. The zero-order chi connectivity index (χ0) is 24.7. The van der Waals surface area contributed by atoms with Crippen LogP contribution in [-0.4, -0.2) is 19.4 Å². The van der Waals surface area contributed by atoms with Crippen LogP contribution in [-0.2, 0) is 22.7 Å². The fraction of sp³-hybridized carbons (Fsp3) is 0.167. The van der Waals surface area contributed by atoms with E-state index in [1.165, 1.54) is 6.20 Å². The van der Waals surface area contributed by atoms with Crippen molar-refractivity contribution in [3.05, 3.63) is 88.6 Å². The molecule has 186 valence electrons. The van der Waals surface area contributed by atoms with Crippen LogP contribution in [0.4, 0.5) is 24.5 Å². The van der Waals surface area contributed by atoms with Crippen LogP contribution in [0.1, 0.15) is 16.7 Å². The molecular weight excluding hydrogens is 522 g/mol. The molecule has 0 fully saturated rings. The van der Waals surface area contributed by atoms with E-state index in [1.807, 2.05) is 31.2 Å². The van der Waals surface area contributed by atoms with E-state index in [4.69, 9.17) is 11.6 Å². The van der Waals surface area contributed by atoms with E-state index in [1.54, 1.807) is 19.2 Å². The van der Waals surface area contributed by atoms with Crippen LogP contribution in [0.3, 0.4) is 0 Å². The van der Waals surface area contributed by atoms with Crippen LogP contribution in [0.2, 0.25) is 5.02 Å². The summed E-state index contributed by atoms with van der Waals surface area (Å²) in [5, 5.41) is 7.42. The third kappa shape index (κ3) is 5.43. The third-order valence-corrected chi connectivity index (χ3v) is 7.36. The van der Waals surface area contributed by atoms with Crippen molar-refractivity contribution in [2.24, 2.45) is 0 Å². The van der Waals surface area contributed by atoms with Gasteiger partial charge in [-0.1, -0.05) is 23.7 Å². The predicted molar refractivity (Wildman–Crippen MR) is 135 cm³/mol. The Bertz CT molecular complexity index is 1470. The zero-order valence-corrected chi connectivity index (χ0v) is 21.0. The summed E-state index contributed by atoms with van der Waals surface area (Å²) < 4.78 is 66.7. The first kappa shape index (κ1) is 26.9. The molecule has 35 heavy (non-hydrogen) atoms. The molecule has 5 nitrogen and oxygen atoms in total. The number of rotatable bonds is 6. The predicted octanol–water partition coefficient (Wildman–Crippen LogP) is 6.74. The number of alkyl halides is 3. The lowest BCUT2D eigenvalue weighted by Crippen LogP contribution is -2.13. The van der Waals surface area contributed by atoms with E-state index in [2.05, 4.69) is 10.6 Å². The normalized spacial score (nSPS) is 11.9. The average Bonchev–Trinajstić information content (AvgIpc) is 3.14. The Balaban J connectivity index is 0.00000342. The SMILES string of the molecule is CNCc1cn(S(=O)(=O)c2ccc(C(F)(F)F)cc2)c2cc(Nc3ccc(C)cc3Cl)ccc12.Cl. The Morgan fingerprint density at radius 1 is 1.00 bits per heavy atom.